The van der Waals surface area contributed by atoms with Gasteiger partial charge in [-0.1, -0.05) is 0 Å². The summed E-state index contributed by atoms with van der Waals surface area (Å²) in [4.78, 5) is 26.8. The molecule has 1 aromatic heterocycles. The maximum atomic E-state index is 13.4. The molecule has 9 heteroatoms. The molecule has 0 bridgehead atoms. The minimum Gasteiger partial charge on any atom is -0.467 e. The molecule has 166 valence electrons. The van der Waals surface area contributed by atoms with Gasteiger partial charge in [-0.2, -0.15) is 4.31 Å². The molecule has 2 aromatic rings. The van der Waals surface area contributed by atoms with Gasteiger partial charge in [-0.3, -0.25) is 9.59 Å². The van der Waals surface area contributed by atoms with Gasteiger partial charge >= 0.3 is 0 Å². The molecule has 1 atom stereocenters. The number of furan rings is 1. The van der Waals surface area contributed by atoms with E-state index in [1.54, 1.807) is 62.4 Å². The van der Waals surface area contributed by atoms with Crippen molar-refractivity contribution in [1.82, 2.24) is 9.62 Å². The molecule has 1 fully saturated rings. The van der Waals surface area contributed by atoms with Crippen molar-refractivity contribution in [3.63, 3.8) is 0 Å². The van der Waals surface area contributed by atoms with Crippen molar-refractivity contribution in [3.05, 3.63) is 47.9 Å². The third-order valence-corrected chi connectivity index (χ3v) is 8.11. The summed E-state index contributed by atoms with van der Waals surface area (Å²) in [6.07, 6.45) is 2.78. The smallest absolute Gasteiger partial charge is 0.243 e. The number of likely N-dealkylation sites (N-methyl/N-ethyl adjacent to an activating group) is 1. The summed E-state index contributed by atoms with van der Waals surface area (Å²) in [5, 5.41) is 2.82. The van der Waals surface area contributed by atoms with E-state index in [4.69, 9.17) is 4.42 Å². The Morgan fingerprint density at radius 2 is 2.06 bits per heavy atom. The van der Waals surface area contributed by atoms with Crippen molar-refractivity contribution in [2.45, 2.75) is 43.5 Å². The number of benzene rings is 1. The number of hydrogen-bond acceptors (Lipinski definition) is 5. The second-order valence-electron chi connectivity index (χ2n) is 8.67. The minimum absolute atomic E-state index is 0.0664. The summed E-state index contributed by atoms with van der Waals surface area (Å²) in [5.41, 5.74) is 0.639. The lowest BCUT2D eigenvalue weighted by molar-refractivity contribution is -0.126. The first-order chi connectivity index (χ1) is 14.6. The molecule has 1 N–H and O–H groups in total. The molecule has 4 rings (SSSR count). The predicted octanol–water partition coefficient (Wildman–Crippen LogP) is 2.25. The van der Waals surface area contributed by atoms with Gasteiger partial charge in [-0.15, -0.1) is 0 Å². The van der Waals surface area contributed by atoms with Crippen LogP contribution in [-0.2, 0) is 31.6 Å². The first-order valence-corrected chi connectivity index (χ1v) is 11.8. The van der Waals surface area contributed by atoms with Gasteiger partial charge in [0, 0.05) is 25.8 Å². The van der Waals surface area contributed by atoms with Crippen molar-refractivity contribution in [2.24, 2.45) is 5.92 Å². The summed E-state index contributed by atoms with van der Waals surface area (Å²) >= 11 is 0. The maximum absolute atomic E-state index is 13.4. The molecular formula is C22H27N3O5S. The van der Waals surface area contributed by atoms with Crippen molar-refractivity contribution < 1.29 is 22.4 Å². The van der Waals surface area contributed by atoms with Crippen molar-refractivity contribution >= 4 is 27.5 Å². The Labute approximate surface area is 182 Å². The van der Waals surface area contributed by atoms with E-state index >= 15 is 0 Å². The lowest BCUT2D eigenvalue weighted by Crippen LogP contribution is -2.45. The van der Waals surface area contributed by atoms with E-state index in [9.17, 15) is 18.0 Å². The highest BCUT2D eigenvalue weighted by molar-refractivity contribution is 7.89. The number of nitrogens with one attached hydrogen (secondary N) is 1. The van der Waals surface area contributed by atoms with Gasteiger partial charge in [-0.05, 0) is 62.6 Å². The molecule has 0 radical (unpaired) electrons. The van der Waals surface area contributed by atoms with E-state index < -0.39 is 21.4 Å². The molecule has 1 saturated heterocycles. The zero-order valence-corrected chi connectivity index (χ0v) is 18.7. The number of hydrogen-bond donors (Lipinski definition) is 1. The molecule has 2 aliphatic heterocycles. The maximum Gasteiger partial charge on any atom is 0.243 e. The number of anilines is 1. The quantitative estimate of drug-likeness (QED) is 0.761. The van der Waals surface area contributed by atoms with Gasteiger partial charge in [-0.25, -0.2) is 8.42 Å². The molecule has 3 heterocycles. The summed E-state index contributed by atoms with van der Waals surface area (Å²) < 4.78 is 33.3. The Bertz CT molecular complexity index is 1110. The second kappa shape index (κ2) is 7.80. The number of piperidine rings is 1. The summed E-state index contributed by atoms with van der Waals surface area (Å²) in [6, 6.07) is 8.36. The zero-order valence-electron chi connectivity index (χ0n) is 17.9. The van der Waals surface area contributed by atoms with Gasteiger partial charge < -0.3 is 14.6 Å². The van der Waals surface area contributed by atoms with E-state index in [-0.39, 0.29) is 29.8 Å². The third-order valence-electron chi connectivity index (χ3n) is 6.25. The fourth-order valence-corrected chi connectivity index (χ4v) is 5.92. The molecule has 8 nitrogen and oxygen atoms in total. The van der Waals surface area contributed by atoms with E-state index in [2.05, 4.69) is 5.32 Å². The molecule has 0 aliphatic carbocycles. The first kappa shape index (κ1) is 21.6. The number of sulfonamides is 1. The lowest BCUT2D eigenvalue weighted by atomic mass is 9.86. The number of amides is 2. The van der Waals surface area contributed by atoms with E-state index in [1.165, 1.54) is 4.31 Å². The molecule has 1 aromatic carbocycles. The van der Waals surface area contributed by atoms with Crippen LogP contribution in [0.15, 0.2) is 45.9 Å². The minimum atomic E-state index is -3.79. The number of rotatable bonds is 5. The van der Waals surface area contributed by atoms with Gasteiger partial charge in [0.1, 0.15) is 5.76 Å². The predicted molar refractivity (Wildman–Crippen MR) is 115 cm³/mol. The van der Waals surface area contributed by atoms with Crippen LogP contribution in [0.1, 0.15) is 38.0 Å². The molecule has 0 spiro atoms. The fourth-order valence-electron chi connectivity index (χ4n) is 4.37. The highest BCUT2D eigenvalue weighted by Crippen LogP contribution is 2.42. The standard InChI is InChI=1S/C22H27N3O5S/c1-22(2)18-12-17(8-9-19(18)24(3)21(22)27)31(28,29)25-10-4-6-15(14-25)20(26)23-13-16-7-5-11-30-16/h5,7-9,11-12,15H,4,6,10,13-14H2,1-3H3,(H,23,26)/t15-/m0/s1. The largest absolute Gasteiger partial charge is 0.467 e. The summed E-state index contributed by atoms with van der Waals surface area (Å²) in [6.45, 7) is 4.37. The van der Waals surface area contributed by atoms with Gasteiger partial charge in [0.2, 0.25) is 21.8 Å². The lowest BCUT2D eigenvalue weighted by Gasteiger charge is -2.31. The topological polar surface area (TPSA) is 99.9 Å². The Morgan fingerprint density at radius 1 is 1.29 bits per heavy atom. The summed E-state index contributed by atoms with van der Waals surface area (Å²) in [5.74, 6) is -0.0205. The van der Waals surface area contributed by atoms with Crippen molar-refractivity contribution in [2.75, 3.05) is 25.0 Å². The summed E-state index contributed by atoms with van der Waals surface area (Å²) in [7, 11) is -2.09. The first-order valence-electron chi connectivity index (χ1n) is 10.4. The monoisotopic (exact) mass is 445 g/mol. The number of carbonyl (C=O) groups is 2. The Balaban J connectivity index is 1.52. The molecule has 2 amide bonds. The SMILES string of the molecule is CN1C(=O)C(C)(C)c2cc(S(=O)(=O)N3CCC[C@H](C(=O)NCc4ccco4)C3)ccc21. The number of nitrogens with zero attached hydrogens (tertiary/aromatic N) is 2. The molecular weight excluding hydrogens is 418 g/mol. The average Bonchev–Trinajstić information content (AvgIpc) is 3.34. The van der Waals surface area contributed by atoms with Gasteiger partial charge in [0.25, 0.3) is 0 Å². The van der Waals surface area contributed by atoms with Crippen LogP contribution in [0.2, 0.25) is 0 Å². The third kappa shape index (κ3) is 3.76. The average molecular weight is 446 g/mol. The van der Waals surface area contributed by atoms with Crippen LogP contribution in [0.3, 0.4) is 0 Å². The second-order valence-corrected chi connectivity index (χ2v) is 10.6. The fraction of sp³-hybridized carbons (Fsp3) is 0.455. The van der Waals surface area contributed by atoms with E-state index in [0.29, 0.717) is 30.7 Å². The molecule has 0 unspecified atom stereocenters. The van der Waals surface area contributed by atoms with E-state index in [0.717, 1.165) is 5.69 Å². The van der Waals surface area contributed by atoms with Crippen LogP contribution in [0, 0.1) is 5.92 Å². The Kier molecular flexibility index (Phi) is 5.43. The molecule has 31 heavy (non-hydrogen) atoms. The van der Waals surface area contributed by atoms with Crippen molar-refractivity contribution in [1.29, 1.82) is 0 Å². The normalized spacial score (nSPS) is 21.2. The van der Waals surface area contributed by atoms with Crippen LogP contribution in [0.25, 0.3) is 0 Å². The van der Waals surface area contributed by atoms with Crippen LogP contribution in [0.5, 0.6) is 0 Å². The highest BCUT2D eigenvalue weighted by atomic mass is 32.2. The molecule has 2 aliphatic rings. The molecule has 0 saturated carbocycles. The van der Waals surface area contributed by atoms with Gasteiger partial charge in [0.05, 0.1) is 29.0 Å². The Hall–Kier alpha value is -2.65. The Morgan fingerprint density at radius 3 is 2.77 bits per heavy atom. The zero-order chi connectivity index (χ0) is 22.4. The van der Waals surface area contributed by atoms with Crippen LogP contribution in [-0.4, -0.2) is 44.7 Å². The highest BCUT2D eigenvalue weighted by Gasteiger charge is 2.43. The van der Waals surface area contributed by atoms with E-state index in [1.807, 2.05) is 0 Å². The van der Waals surface area contributed by atoms with Crippen LogP contribution in [0.4, 0.5) is 5.69 Å². The van der Waals surface area contributed by atoms with Crippen molar-refractivity contribution in [3.8, 4) is 0 Å². The van der Waals surface area contributed by atoms with Crippen LogP contribution >= 0.6 is 0 Å². The van der Waals surface area contributed by atoms with Crippen LogP contribution < -0.4 is 10.2 Å². The van der Waals surface area contributed by atoms with Gasteiger partial charge in [0.15, 0.2) is 0 Å². The number of fused-ring (bicyclic) bond motifs is 1. The number of carbonyl (C=O) groups excluding carboxylic acids is 2.